The Morgan fingerprint density at radius 3 is 2.16 bits per heavy atom. The van der Waals surface area contributed by atoms with Gasteiger partial charge in [0, 0.05) is 12.1 Å². The number of carbonyl (C=O) groups excluding carboxylic acids is 3. The Labute approximate surface area is 186 Å². The molecular weight excluding hydrogens is 412 g/mol. The molecule has 0 saturated heterocycles. The lowest BCUT2D eigenvalue weighted by molar-refractivity contribution is -0.138. The van der Waals surface area contributed by atoms with Crippen molar-refractivity contribution in [3.05, 3.63) is 48.0 Å². The van der Waals surface area contributed by atoms with Crippen LogP contribution in [-0.2, 0) is 14.4 Å². The molecule has 32 heavy (non-hydrogen) atoms. The van der Waals surface area contributed by atoms with E-state index in [9.17, 15) is 19.2 Å². The molecular formula is C23H30N4O5. The lowest BCUT2D eigenvalue weighted by atomic mass is 10.0. The van der Waals surface area contributed by atoms with E-state index in [2.05, 4.69) is 16.0 Å². The van der Waals surface area contributed by atoms with Crippen LogP contribution >= 0.6 is 0 Å². The van der Waals surface area contributed by atoms with Crippen LogP contribution in [0.15, 0.2) is 42.5 Å². The highest BCUT2D eigenvalue weighted by Gasteiger charge is 2.28. The molecule has 2 aromatic rings. The van der Waals surface area contributed by atoms with Crippen LogP contribution in [0.2, 0.25) is 0 Å². The van der Waals surface area contributed by atoms with Crippen LogP contribution in [0.3, 0.4) is 0 Å². The molecule has 0 spiro atoms. The molecule has 0 aromatic heterocycles. The fourth-order valence-electron chi connectivity index (χ4n) is 3.19. The van der Waals surface area contributed by atoms with Gasteiger partial charge in [0.2, 0.25) is 11.8 Å². The van der Waals surface area contributed by atoms with Crippen LogP contribution in [0.25, 0.3) is 10.8 Å². The summed E-state index contributed by atoms with van der Waals surface area (Å²) in [6.45, 7) is 5.00. The number of aliphatic carboxylic acids is 1. The summed E-state index contributed by atoms with van der Waals surface area (Å²) >= 11 is 0. The minimum absolute atomic E-state index is 0.0465. The number of rotatable bonds is 10. The summed E-state index contributed by atoms with van der Waals surface area (Å²) in [5.41, 5.74) is 5.91. The van der Waals surface area contributed by atoms with E-state index in [0.29, 0.717) is 5.56 Å². The number of nitrogens with one attached hydrogen (secondary N) is 3. The first-order chi connectivity index (χ1) is 15.1. The fraction of sp³-hybridized carbons (Fsp3) is 0.391. The largest absolute Gasteiger partial charge is 0.481 e. The van der Waals surface area contributed by atoms with Crippen LogP contribution < -0.4 is 21.7 Å². The predicted octanol–water partition coefficient (Wildman–Crippen LogP) is 1.02. The minimum atomic E-state index is -1.09. The van der Waals surface area contributed by atoms with Gasteiger partial charge in [-0.1, -0.05) is 44.2 Å². The second-order valence-electron chi connectivity index (χ2n) is 8.03. The third kappa shape index (κ3) is 6.78. The number of carbonyl (C=O) groups is 4. The monoisotopic (exact) mass is 442 g/mol. The van der Waals surface area contributed by atoms with E-state index in [0.717, 1.165) is 10.8 Å². The maximum absolute atomic E-state index is 12.8. The molecule has 3 atom stereocenters. The summed E-state index contributed by atoms with van der Waals surface area (Å²) in [5, 5.41) is 18.6. The molecule has 0 aliphatic rings. The smallest absolute Gasteiger partial charge is 0.305 e. The molecule has 0 saturated carbocycles. The molecule has 172 valence electrons. The second-order valence-corrected chi connectivity index (χ2v) is 8.03. The van der Waals surface area contributed by atoms with Crippen molar-refractivity contribution in [2.75, 3.05) is 6.54 Å². The highest BCUT2D eigenvalue weighted by atomic mass is 16.4. The van der Waals surface area contributed by atoms with Crippen molar-refractivity contribution in [1.29, 1.82) is 0 Å². The summed E-state index contributed by atoms with van der Waals surface area (Å²) in [7, 11) is 0. The Morgan fingerprint density at radius 1 is 0.906 bits per heavy atom. The number of benzene rings is 2. The van der Waals surface area contributed by atoms with Crippen LogP contribution in [0.4, 0.5) is 0 Å². The van der Waals surface area contributed by atoms with Crippen molar-refractivity contribution in [3.8, 4) is 0 Å². The molecule has 0 radical (unpaired) electrons. The zero-order valence-corrected chi connectivity index (χ0v) is 18.4. The maximum Gasteiger partial charge on any atom is 0.305 e. The molecule has 3 amide bonds. The van der Waals surface area contributed by atoms with E-state index in [1.165, 1.54) is 6.92 Å². The van der Waals surface area contributed by atoms with Gasteiger partial charge in [-0.3, -0.25) is 19.2 Å². The summed E-state index contributed by atoms with van der Waals surface area (Å²) in [6.07, 6.45) is -0.320. The highest BCUT2D eigenvalue weighted by Crippen LogP contribution is 2.16. The molecule has 2 rings (SSSR count). The summed E-state index contributed by atoms with van der Waals surface area (Å²) in [4.78, 5) is 48.7. The van der Waals surface area contributed by atoms with Crippen molar-refractivity contribution in [2.24, 2.45) is 11.7 Å². The number of nitrogens with two attached hydrogens (primary N) is 1. The van der Waals surface area contributed by atoms with Gasteiger partial charge in [-0.15, -0.1) is 0 Å². The van der Waals surface area contributed by atoms with Crippen LogP contribution in [0.5, 0.6) is 0 Å². The molecule has 1 unspecified atom stereocenters. The van der Waals surface area contributed by atoms with E-state index in [-0.39, 0.29) is 18.9 Å². The Balaban J connectivity index is 2.03. The van der Waals surface area contributed by atoms with Gasteiger partial charge in [0.05, 0.1) is 12.5 Å². The average Bonchev–Trinajstić information content (AvgIpc) is 2.75. The summed E-state index contributed by atoms with van der Waals surface area (Å²) < 4.78 is 0. The van der Waals surface area contributed by atoms with Crippen molar-refractivity contribution in [3.63, 3.8) is 0 Å². The Morgan fingerprint density at radius 2 is 1.56 bits per heavy atom. The van der Waals surface area contributed by atoms with Crippen molar-refractivity contribution in [2.45, 2.75) is 45.3 Å². The van der Waals surface area contributed by atoms with Gasteiger partial charge in [0.25, 0.3) is 5.91 Å². The van der Waals surface area contributed by atoms with E-state index in [1.807, 2.05) is 30.3 Å². The first-order valence-electron chi connectivity index (χ1n) is 10.4. The highest BCUT2D eigenvalue weighted by molar-refractivity contribution is 6.01. The summed E-state index contributed by atoms with van der Waals surface area (Å²) in [5.74, 6) is -2.80. The first-order valence-corrected chi connectivity index (χ1v) is 10.4. The van der Waals surface area contributed by atoms with Gasteiger partial charge < -0.3 is 26.8 Å². The average molecular weight is 443 g/mol. The van der Waals surface area contributed by atoms with Gasteiger partial charge in [0.1, 0.15) is 12.1 Å². The molecule has 6 N–H and O–H groups in total. The fourth-order valence-corrected chi connectivity index (χ4v) is 3.19. The van der Waals surface area contributed by atoms with Crippen molar-refractivity contribution >= 4 is 34.5 Å². The van der Waals surface area contributed by atoms with Crippen LogP contribution in [0.1, 0.15) is 37.6 Å². The van der Waals surface area contributed by atoms with E-state index in [4.69, 9.17) is 10.8 Å². The molecule has 9 heteroatoms. The van der Waals surface area contributed by atoms with Gasteiger partial charge in [-0.25, -0.2) is 0 Å². The minimum Gasteiger partial charge on any atom is -0.481 e. The Hall–Kier alpha value is -3.46. The predicted molar refractivity (Wildman–Crippen MR) is 121 cm³/mol. The van der Waals surface area contributed by atoms with Gasteiger partial charge in [0.15, 0.2) is 0 Å². The lowest BCUT2D eigenvalue weighted by Gasteiger charge is -2.25. The molecule has 0 fully saturated rings. The van der Waals surface area contributed by atoms with E-state index >= 15 is 0 Å². The third-order valence-electron chi connectivity index (χ3n) is 5.05. The van der Waals surface area contributed by atoms with Crippen molar-refractivity contribution in [1.82, 2.24) is 16.0 Å². The molecule has 9 nitrogen and oxygen atoms in total. The normalized spacial score (nSPS) is 13.8. The Bertz CT molecular complexity index is 991. The quantitative estimate of drug-likeness (QED) is 0.371. The maximum atomic E-state index is 12.8. The number of amides is 3. The molecule has 0 heterocycles. The zero-order chi connectivity index (χ0) is 23.8. The van der Waals surface area contributed by atoms with Gasteiger partial charge in [-0.05, 0) is 35.7 Å². The number of hydrogen-bond acceptors (Lipinski definition) is 5. The SMILES string of the molecule is CC(NC(=O)[C@@H](NC(=O)c1ccc2ccccc2c1)C(C)C)C(=O)N[C@H](CN)CC(=O)O. The molecule has 0 aliphatic heterocycles. The number of hydrogen-bond donors (Lipinski definition) is 5. The summed E-state index contributed by atoms with van der Waals surface area (Å²) in [6, 6.07) is 10.4. The van der Waals surface area contributed by atoms with Gasteiger partial charge in [-0.2, -0.15) is 0 Å². The van der Waals surface area contributed by atoms with Crippen molar-refractivity contribution < 1.29 is 24.3 Å². The molecule has 0 aliphatic carbocycles. The van der Waals surface area contributed by atoms with Crippen LogP contribution in [-0.4, -0.2) is 53.5 Å². The van der Waals surface area contributed by atoms with Gasteiger partial charge >= 0.3 is 5.97 Å². The second kappa shape index (κ2) is 11.2. The Kier molecular flexibility index (Phi) is 8.71. The standard InChI is InChI=1S/C23H30N4O5/c1-13(2)20(23(32)25-14(3)21(30)26-18(12-24)11-19(28)29)27-22(31)17-9-8-15-6-4-5-7-16(15)10-17/h4-10,13-14,18,20H,11-12,24H2,1-3H3,(H,25,32)(H,26,30)(H,27,31)(H,28,29)/t14?,18-,20-/m0/s1. The molecule has 0 bridgehead atoms. The van der Waals surface area contributed by atoms with Crippen LogP contribution in [0, 0.1) is 5.92 Å². The first kappa shape index (κ1) is 24.8. The lowest BCUT2D eigenvalue weighted by Crippen LogP contribution is -2.56. The number of carboxylic acids is 1. The zero-order valence-electron chi connectivity index (χ0n) is 18.4. The van der Waals surface area contributed by atoms with E-state index < -0.39 is 41.8 Å². The third-order valence-corrected chi connectivity index (χ3v) is 5.05. The topological polar surface area (TPSA) is 151 Å². The number of fused-ring (bicyclic) bond motifs is 1. The molecule has 2 aromatic carbocycles. The van der Waals surface area contributed by atoms with E-state index in [1.54, 1.807) is 26.0 Å². The number of carboxylic acid groups (broad SMARTS) is 1.